The fourth-order valence-corrected chi connectivity index (χ4v) is 2.59. The van der Waals surface area contributed by atoms with Gasteiger partial charge in [-0.15, -0.1) is 4.91 Å². The molecule has 0 atom stereocenters. The van der Waals surface area contributed by atoms with E-state index in [0.29, 0.717) is 9.92 Å². The van der Waals surface area contributed by atoms with E-state index in [2.05, 4.69) is 15.2 Å². The molecule has 0 unspecified atom stereocenters. The largest absolute Gasteiger partial charge is 0.370 e. The molecule has 2 rings (SSSR count). The van der Waals surface area contributed by atoms with E-state index >= 15 is 0 Å². The Balaban J connectivity index is 2.30. The van der Waals surface area contributed by atoms with Gasteiger partial charge in [0, 0.05) is 27.2 Å². The summed E-state index contributed by atoms with van der Waals surface area (Å²) in [5.41, 5.74) is 0.222. The molecule has 0 saturated carbocycles. The van der Waals surface area contributed by atoms with E-state index in [1.54, 1.807) is 18.2 Å². The van der Waals surface area contributed by atoms with Gasteiger partial charge >= 0.3 is 5.97 Å². The molecule has 0 aliphatic carbocycles. The van der Waals surface area contributed by atoms with Crippen LogP contribution in [0.2, 0.25) is 5.02 Å². The SMILES string of the molecule is O=NOC(=O)c1ccncc1Sc1cccc(Cl)c1. The molecule has 0 fully saturated rings. The third kappa shape index (κ3) is 3.52. The van der Waals surface area contributed by atoms with E-state index in [1.807, 2.05) is 6.07 Å². The van der Waals surface area contributed by atoms with Gasteiger partial charge in [-0.05, 0) is 24.3 Å². The van der Waals surface area contributed by atoms with Gasteiger partial charge < -0.3 is 0 Å². The van der Waals surface area contributed by atoms with E-state index in [4.69, 9.17) is 11.6 Å². The van der Waals surface area contributed by atoms with Gasteiger partial charge in [0.2, 0.25) is 0 Å². The summed E-state index contributed by atoms with van der Waals surface area (Å²) in [5.74, 6) is -0.818. The molecule has 5 nitrogen and oxygen atoms in total. The minimum absolute atomic E-state index is 0.222. The Bertz CT molecular complexity index is 621. The Kier molecular flexibility index (Phi) is 4.48. The maximum absolute atomic E-state index is 11.5. The minimum atomic E-state index is -0.818. The summed E-state index contributed by atoms with van der Waals surface area (Å²) in [6, 6.07) is 8.61. The molecule has 19 heavy (non-hydrogen) atoms. The van der Waals surface area contributed by atoms with Crippen LogP contribution in [0.25, 0.3) is 0 Å². The average Bonchev–Trinajstić information content (AvgIpc) is 2.39. The molecule has 0 radical (unpaired) electrons. The van der Waals surface area contributed by atoms with Crippen LogP contribution in [0.1, 0.15) is 10.4 Å². The zero-order valence-corrected chi connectivity index (χ0v) is 11.0. The standard InChI is InChI=1S/C12H7ClN2O3S/c13-8-2-1-3-9(6-8)19-11-7-14-5-4-10(11)12(16)18-15-17/h1-7H. The lowest BCUT2D eigenvalue weighted by Crippen LogP contribution is -2.02. The van der Waals surface area contributed by atoms with Crippen LogP contribution in [-0.4, -0.2) is 11.0 Å². The normalized spacial score (nSPS) is 9.95. The average molecular weight is 295 g/mol. The highest BCUT2D eigenvalue weighted by molar-refractivity contribution is 7.99. The van der Waals surface area contributed by atoms with Gasteiger partial charge in [0.15, 0.2) is 5.34 Å². The predicted molar refractivity (Wildman–Crippen MR) is 71.0 cm³/mol. The zero-order chi connectivity index (χ0) is 13.7. The Morgan fingerprint density at radius 3 is 2.95 bits per heavy atom. The summed E-state index contributed by atoms with van der Waals surface area (Å²) >= 11 is 7.18. The maximum atomic E-state index is 11.5. The molecule has 0 bridgehead atoms. The van der Waals surface area contributed by atoms with E-state index in [1.165, 1.54) is 30.2 Å². The molecule has 2 aromatic rings. The van der Waals surface area contributed by atoms with E-state index in [0.717, 1.165) is 4.90 Å². The van der Waals surface area contributed by atoms with Crippen LogP contribution in [0.5, 0.6) is 0 Å². The summed E-state index contributed by atoms with van der Waals surface area (Å²) in [6.45, 7) is 0. The second kappa shape index (κ2) is 6.31. The first kappa shape index (κ1) is 13.5. The lowest BCUT2D eigenvalue weighted by Gasteiger charge is -2.05. The van der Waals surface area contributed by atoms with Crippen molar-refractivity contribution >= 4 is 29.3 Å². The lowest BCUT2D eigenvalue weighted by molar-refractivity contribution is 0.0504. The Morgan fingerprint density at radius 2 is 2.21 bits per heavy atom. The molecular weight excluding hydrogens is 288 g/mol. The first-order chi connectivity index (χ1) is 9.20. The van der Waals surface area contributed by atoms with Crippen LogP contribution in [-0.2, 0) is 4.84 Å². The Hall–Kier alpha value is -1.92. The van der Waals surface area contributed by atoms with Crippen LogP contribution in [0, 0.1) is 4.91 Å². The van der Waals surface area contributed by atoms with Crippen molar-refractivity contribution in [2.45, 2.75) is 9.79 Å². The summed E-state index contributed by atoms with van der Waals surface area (Å²) < 4.78 is 0. The lowest BCUT2D eigenvalue weighted by atomic mass is 10.3. The van der Waals surface area contributed by atoms with Crippen molar-refractivity contribution in [3.05, 3.63) is 58.2 Å². The number of carbonyl (C=O) groups excluding carboxylic acids is 1. The first-order valence-corrected chi connectivity index (χ1v) is 6.31. The zero-order valence-electron chi connectivity index (χ0n) is 9.45. The number of benzene rings is 1. The van der Waals surface area contributed by atoms with Crippen molar-refractivity contribution in [3.8, 4) is 0 Å². The monoisotopic (exact) mass is 294 g/mol. The number of hydrogen-bond donors (Lipinski definition) is 0. The van der Waals surface area contributed by atoms with Crippen molar-refractivity contribution < 1.29 is 9.63 Å². The number of nitrogens with zero attached hydrogens (tertiary/aromatic N) is 2. The molecular formula is C12H7ClN2O3S. The van der Waals surface area contributed by atoms with Gasteiger partial charge in [0.1, 0.15) is 0 Å². The smallest absolute Gasteiger partial charge is 0.279 e. The molecule has 0 amide bonds. The molecule has 0 aliphatic rings. The fraction of sp³-hybridized carbons (Fsp3) is 0. The molecule has 0 spiro atoms. The van der Waals surface area contributed by atoms with Gasteiger partial charge in [-0.25, -0.2) is 4.79 Å². The maximum Gasteiger partial charge on any atom is 0.370 e. The number of hydrogen-bond acceptors (Lipinski definition) is 6. The van der Waals surface area contributed by atoms with Crippen LogP contribution in [0.4, 0.5) is 0 Å². The summed E-state index contributed by atoms with van der Waals surface area (Å²) in [7, 11) is 0. The van der Waals surface area contributed by atoms with Crippen LogP contribution in [0.15, 0.2) is 57.9 Å². The fourth-order valence-electron chi connectivity index (χ4n) is 1.37. The number of rotatable bonds is 4. The van der Waals surface area contributed by atoms with Gasteiger partial charge in [-0.3, -0.25) is 9.82 Å². The third-order valence-corrected chi connectivity index (χ3v) is 3.42. The van der Waals surface area contributed by atoms with Gasteiger partial charge in [0.05, 0.1) is 5.56 Å². The Morgan fingerprint density at radius 1 is 1.37 bits per heavy atom. The van der Waals surface area contributed by atoms with E-state index < -0.39 is 5.97 Å². The second-order valence-corrected chi connectivity index (χ2v) is 4.94. The number of aromatic nitrogens is 1. The molecule has 96 valence electrons. The highest BCUT2D eigenvalue weighted by Gasteiger charge is 2.14. The molecule has 1 aromatic carbocycles. The van der Waals surface area contributed by atoms with Crippen LogP contribution >= 0.6 is 23.4 Å². The molecule has 7 heteroatoms. The van der Waals surface area contributed by atoms with Crippen molar-refractivity contribution in [3.63, 3.8) is 0 Å². The summed E-state index contributed by atoms with van der Waals surface area (Å²) in [6.07, 6.45) is 2.94. The van der Waals surface area contributed by atoms with Crippen molar-refractivity contribution in [1.29, 1.82) is 0 Å². The number of carbonyl (C=O) groups is 1. The van der Waals surface area contributed by atoms with Crippen LogP contribution < -0.4 is 0 Å². The van der Waals surface area contributed by atoms with Crippen molar-refractivity contribution in [2.24, 2.45) is 5.34 Å². The van der Waals surface area contributed by atoms with Gasteiger partial charge in [-0.1, -0.05) is 29.4 Å². The Labute approximate surface area is 117 Å². The highest BCUT2D eigenvalue weighted by Crippen LogP contribution is 2.31. The molecule has 0 N–H and O–H groups in total. The first-order valence-electron chi connectivity index (χ1n) is 5.12. The van der Waals surface area contributed by atoms with E-state index in [9.17, 15) is 9.70 Å². The predicted octanol–water partition coefficient (Wildman–Crippen LogP) is 3.72. The van der Waals surface area contributed by atoms with E-state index in [-0.39, 0.29) is 5.56 Å². The number of pyridine rings is 1. The molecule has 0 aliphatic heterocycles. The number of halogens is 1. The minimum Gasteiger partial charge on any atom is -0.279 e. The highest BCUT2D eigenvalue weighted by atomic mass is 35.5. The second-order valence-electron chi connectivity index (χ2n) is 3.38. The molecule has 0 saturated heterocycles. The summed E-state index contributed by atoms with van der Waals surface area (Å²) in [4.78, 5) is 30.9. The van der Waals surface area contributed by atoms with Crippen molar-refractivity contribution in [1.82, 2.24) is 4.98 Å². The van der Waals surface area contributed by atoms with Gasteiger partial charge in [-0.2, -0.15) is 0 Å². The molecule has 1 heterocycles. The van der Waals surface area contributed by atoms with Gasteiger partial charge in [0.25, 0.3) is 0 Å². The quantitative estimate of drug-likeness (QED) is 0.635. The van der Waals surface area contributed by atoms with Crippen LogP contribution in [0.3, 0.4) is 0 Å². The molecule has 1 aromatic heterocycles. The van der Waals surface area contributed by atoms with Crippen molar-refractivity contribution in [2.75, 3.05) is 0 Å². The third-order valence-electron chi connectivity index (χ3n) is 2.15. The topological polar surface area (TPSA) is 68.6 Å². The summed E-state index contributed by atoms with van der Waals surface area (Å²) in [5, 5.41) is 2.71.